The minimum absolute atomic E-state index is 0.0997. The van der Waals surface area contributed by atoms with E-state index in [4.69, 9.17) is 4.74 Å². The maximum Gasteiger partial charge on any atom is 0.416 e. The molecule has 0 unspecified atom stereocenters. The SMILES string of the molecule is Cc1ncsc1C(=O)N1CCO[C@@H](Cc2cccc(C(F)(F)F)c2)C1. The Morgan fingerprint density at radius 1 is 1.44 bits per heavy atom. The summed E-state index contributed by atoms with van der Waals surface area (Å²) in [5.74, 6) is -0.0997. The number of halogens is 3. The number of alkyl halides is 3. The van der Waals surface area contributed by atoms with E-state index < -0.39 is 11.7 Å². The van der Waals surface area contributed by atoms with E-state index in [0.29, 0.717) is 42.3 Å². The second-order valence-corrected chi connectivity index (χ2v) is 6.77. The molecule has 134 valence electrons. The molecule has 1 saturated heterocycles. The molecule has 1 amide bonds. The normalized spacial score (nSPS) is 18.4. The number of ether oxygens (including phenoxy) is 1. The lowest BCUT2D eigenvalue weighted by molar-refractivity contribution is -0.137. The van der Waals surface area contributed by atoms with Crippen molar-refractivity contribution >= 4 is 17.2 Å². The van der Waals surface area contributed by atoms with Gasteiger partial charge in [0.1, 0.15) is 4.88 Å². The van der Waals surface area contributed by atoms with E-state index in [9.17, 15) is 18.0 Å². The van der Waals surface area contributed by atoms with Crippen LogP contribution in [0.2, 0.25) is 0 Å². The number of morpholine rings is 1. The summed E-state index contributed by atoms with van der Waals surface area (Å²) in [6, 6.07) is 5.22. The summed E-state index contributed by atoms with van der Waals surface area (Å²) >= 11 is 1.29. The number of carbonyl (C=O) groups excluding carboxylic acids is 1. The van der Waals surface area contributed by atoms with Crippen LogP contribution in [-0.2, 0) is 17.3 Å². The van der Waals surface area contributed by atoms with Crippen molar-refractivity contribution in [1.82, 2.24) is 9.88 Å². The van der Waals surface area contributed by atoms with Gasteiger partial charge in [0.05, 0.1) is 29.5 Å². The number of amides is 1. The van der Waals surface area contributed by atoms with E-state index in [0.717, 1.165) is 12.1 Å². The van der Waals surface area contributed by atoms with Gasteiger partial charge < -0.3 is 9.64 Å². The van der Waals surface area contributed by atoms with Crippen molar-refractivity contribution in [3.63, 3.8) is 0 Å². The highest BCUT2D eigenvalue weighted by atomic mass is 32.1. The van der Waals surface area contributed by atoms with Crippen LogP contribution in [-0.4, -0.2) is 41.6 Å². The minimum atomic E-state index is -4.37. The van der Waals surface area contributed by atoms with Gasteiger partial charge in [0.15, 0.2) is 0 Å². The molecule has 1 atom stereocenters. The van der Waals surface area contributed by atoms with Gasteiger partial charge in [0, 0.05) is 19.5 Å². The number of rotatable bonds is 3. The van der Waals surface area contributed by atoms with E-state index in [1.807, 2.05) is 0 Å². The van der Waals surface area contributed by atoms with E-state index in [1.165, 1.54) is 17.4 Å². The van der Waals surface area contributed by atoms with Gasteiger partial charge in [-0.2, -0.15) is 13.2 Å². The molecule has 0 aliphatic carbocycles. The van der Waals surface area contributed by atoms with Crippen LogP contribution >= 0.6 is 11.3 Å². The van der Waals surface area contributed by atoms with Crippen molar-refractivity contribution in [2.45, 2.75) is 25.6 Å². The summed E-state index contributed by atoms with van der Waals surface area (Å²) in [7, 11) is 0. The molecule has 0 N–H and O–H groups in total. The zero-order chi connectivity index (χ0) is 18.0. The molecule has 3 rings (SSSR count). The van der Waals surface area contributed by atoms with Crippen LogP contribution in [0.5, 0.6) is 0 Å². The van der Waals surface area contributed by atoms with Gasteiger partial charge in [-0.1, -0.05) is 18.2 Å². The zero-order valence-electron chi connectivity index (χ0n) is 13.5. The Balaban J connectivity index is 1.68. The predicted octanol–water partition coefficient (Wildman–Crippen LogP) is 3.55. The Morgan fingerprint density at radius 3 is 2.92 bits per heavy atom. The predicted molar refractivity (Wildman–Crippen MR) is 87.6 cm³/mol. The lowest BCUT2D eigenvalue weighted by Gasteiger charge is -2.33. The molecular weight excluding hydrogens is 353 g/mol. The molecule has 2 aromatic rings. The molecule has 1 aliphatic heterocycles. The Hall–Kier alpha value is -1.93. The lowest BCUT2D eigenvalue weighted by Crippen LogP contribution is -2.46. The van der Waals surface area contributed by atoms with Gasteiger partial charge in [-0.25, -0.2) is 4.98 Å². The highest BCUT2D eigenvalue weighted by Gasteiger charge is 2.31. The number of thiazole rings is 1. The highest BCUT2D eigenvalue weighted by molar-refractivity contribution is 7.11. The van der Waals surface area contributed by atoms with Crippen molar-refractivity contribution in [1.29, 1.82) is 0 Å². The zero-order valence-corrected chi connectivity index (χ0v) is 14.4. The molecular formula is C17H17F3N2O2S. The average Bonchev–Trinajstić information content (AvgIpc) is 3.00. The van der Waals surface area contributed by atoms with Crippen molar-refractivity contribution in [2.75, 3.05) is 19.7 Å². The fourth-order valence-corrected chi connectivity index (χ4v) is 3.59. The maximum absolute atomic E-state index is 12.8. The molecule has 0 bridgehead atoms. The Bertz CT molecular complexity index is 760. The highest BCUT2D eigenvalue weighted by Crippen LogP contribution is 2.30. The van der Waals surface area contributed by atoms with Gasteiger partial charge in [0.25, 0.3) is 5.91 Å². The van der Waals surface area contributed by atoms with Gasteiger partial charge >= 0.3 is 6.18 Å². The summed E-state index contributed by atoms with van der Waals surface area (Å²) in [6.45, 7) is 2.97. The molecule has 8 heteroatoms. The molecule has 25 heavy (non-hydrogen) atoms. The van der Waals surface area contributed by atoms with Crippen molar-refractivity contribution in [3.05, 3.63) is 51.5 Å². The van der Waals surface area contributed by atoms with E-state index in [2.05, 4.69) is 4.98 Å². The largest absolute Gasteiger partial charge is 0.416 e. The monoisotopic (exact) mass is 370 g/mol. The third-order valence-corrected chi connectivity index (χ3v) is 5.00. The topological polar surface area (TPSA) is 42.4 Å². The van der Waals surface area contributed by atoms with Crippen LogP contribution < -0.4 is 0 Å². The van der Waals surface area contributed by atoms with Crippen LogP contribution in [0.25, 0.3) is 0 Å². The van der Waals surface area contributed by atoms with Crippen molar-refractivity contribution in [2.24, 2.45) is 0 Å². The third kappa shape index (κ3) is 4.19. The second-order valence-electron chi connectivity index (χ2n) is 5.91. The molecule has 1 fully saturated rings. The second kappa shape index (κ2) is 7.13. The first-order valence-electron chi connectivity index (χ1n) is 7.81. The van der Waals surface area contributed by atoms with Gasteiger partial charge in [-0.3, -0.25) is 4.79 Å². The minimum Gasteiger partial charge on any atom is -0.374 e. The average molecular weight is 370 g/mol. The smallest absolute Gasteiger partial charge is 0.374 e. The van der Waals surface area contributed by atoms with Crippen LogP contribution in [0.3, 0.4) is 0 Å². The quantitative estimate of drug-likeness (QED) is 0.830. The Labute approximate surface area is 147 Å². The van der Waals surface area contributed by atoms with Crippen LogP contribution in [0, 0.1) is 6.92 Å². The van der Waals surface area contributed by atoms with E-state index in [1.54, 1.807) is 23.4 Å². The molecule has 4 nitrogen and oxygen atoms in total. The summed E-state index contributed by atoms with van der Waals surface area (Å²) in [5, 5.41) is 0. The van der Waals surface area contributed by atoms with Crippen LogP contribution in [0.1, 0.15) is 26.5 Å². The van der Waals surface area contributed by atoms with E-state index >= 15 is 0 Å². The molecule has 2 heterocycles. The van der Waals surface area contributed by atoms with Crippen molar-refractivity contribution < 1.29 is 22.7 Å². The number of hydrogen-bond acceptors (Lipinski definition) is 4. The standard InChI is InChI=1S/C17H17F3N2O2S/c1-11-15(25-10-21-11)16(23)22-5-6-24-14(9-22)8-12-3-2-4-13(7-12)17(18,19)20/h2-4,7,10,14H,5-6,8-9H2,1H3/t14-/m0/s1. The number of aryl methyl sites for hydroxylation is 1. The molecule has 1 aromatic heterocycles. The summed E-state index contributed by atoms with van der Waals surface area (Å²) < 4.78 is 44.1. The fourth-order valence-electron chi connectivity index (χ4n) is 2.82. The fraction of sp³-hybridized carbons (Fsp3) is 0.412. The number of hydrogen-bond donors (Lipinski definition) is 0. The van der Waals surface area contributed by atoms with E-state index in [-0.39, 0.29) is 12.0 Å². The molecule has 0 spiro atoms. The first-order valence-corrected chi connectivity index (χ1v) is 8.69. The molecule has 0 radical (unpaired) electrons. The first-order chi connectivity index (χ1) is 11.8. The van der Waals surface area contributed by atoms with Gasteiger partial charge in [-0.15, -0.1) is 11.3 Å². The van der Waals surface area contributed by atoms with Gasteiger partial charge in [-0.05, 0) is 18.6 Å². The Kier molecular flexibility index (Phi) is 5.10. The Morgan fingerprint density at radius 2 is 2.24 bits per heavy atom. The van der Waals surface area contributed by atoms with Crippen LogP contribution in [0.15, 0.2) is 29.8 Å². The summed E-state index contributed by atoms with van der Waals surface area (Å²) in [6.07, 6.45) is -4.36. The number of carbonyl (C=O) groups is 1. The lowest BCUT2D eigenvalue weighted by atomic mass is 10.0. The first kappa shape index (κ1) is 17.9. The molecule has 0 saturated carbocycles. The van der Waals surface area contributed by atoms with Crippen molar-refractivity contribution in [3.8, 4) is 0 Å². The summed E-state index contributed by atoms with van der Waals surface area (Å²) in [5.41, 5.74) is 2.19. The van der Waals surface area contributed by atoms with Gasteiger partial charge in [0.2, 0.25) is 0 Å². The molecule has 1 aliphatic rings. The number of aromatic nitrogens is 1. The number of nitrogens with zero attached hydrogens (tertiary/aromatic N) is 2. The van der Waals surface area contributed by atoms with Crippen LogP contribution in [0.4, 0.5) is 13.2 Å². The molecule has 1 aromatic carbocycles. The maximum atomic E-state index is 12.8. The third-order valence-electron chi connectivity index (χ3n) is 4.08. The number of benzene rings is 1. The summed E-state index contributed by atoms with van der Waals surface area (Å²) in [4.78, 5) is 18.9.